The first-order chi connectivity index (χ1) is 6.93. The van der Waals surface area contributed by atoms with Gasteiger partial charge in [0.05, 0.1) is 0 Å². The molecule has 1 nitrogen and oxygen atoms in total. The average molecular weight is 235 g/mol. The van der Waals surface area contributed by atoms with Crippen molar-refractivity contribution in [1.82, 2.24) is 4.90 Å². The normalized spacial score (nSPS) is 12.1. The van der Waals surface area contributed by atoms with E-state index in [9.17, 15) is 13.2 Å². The predicted molar refractivity (Wildman–Crippen MR) is 55.7 cm³/mol. The number of hydrogen-bond acceptors (Lipinski definition) is 2. The molecule has 0 radical (unpaired) electrons. The van der Waals surface area contributed by atoms with Gasteiger partial charge in [-0.2, -0.15) is 13.2 Å². The van der Waals surface area contributed by atoms with Crippen LogP contribution < -0.4 is 0 Å². The zero-order valence-corrected chi connectivity index (χ0v) is 9.32. The third kappa shape index (κ3) is 3.76. The van der Waals surface area contributed by atoms with E-state index < -0.39 is 6.30 Å². The van der Waals surface area contributed by atoms with Crippen molar-refractivity contribution in [3.63, 3.8) is 0 Å². The van der Waals surface area contributed by atoms with Crippen LogP contribution in [0, 0.1) is 0 Å². The third-order valence-electron chi connectivity index (χ3n) is 1.99. The minimum Gasteiger partial charge on any atom is -0.213 e. The van der Waals surface area contributed by atoms with Gasteiger partial charge in [0.15, 0.2) is 0 Å². The van der Waals surface area contributed by atoms with Crippen molar-refractivity contribution >= 4 is 11.8 Å². The summed E-state index contributed by atoms with van der Waals surface area (Å²) in [7, 11) is 1.05. The standard InChI is InChI=1S/C10H12F3NS/c1-14(10(11,12)13)7-8-4-3-5-9(6-8)15-2/h3-6H,7H2,1-2H3. The quantitative estimate of drug-likeness (QED) is 0.584. The number of halogens is 3. The number of alkyl halides is 3. The second kappa shape index (κ2) is 4.90. The molecule has 1 aromatic rings. The summed E-state index contributed by atoms with van der Waals surface area (Å²) in [6.07, 6.45) is -2.37. The Hall–Kier alpha value is -0.680. The third-order valence-corrected chi connectivity index (χ3v) is 2.71. The van der Waals surface area contributed by atoms with Gasteiger partial charge in [-0.15, -0.1) is 11.8 Å². The number of nitrogens with zero attached hydrogens (tertiary/aromatic N) is 1. The number of thioether (sulfide) groups is 1. The summed E-state index contributed by atoms with van der Waals surface area (Å²) in [6, 6.07) is 7.11. The molecule has 0 aliphatic heterocycles. The van der Waals surface area contributed by atoms with Gasteiger partial charge in [-0.1, -0.05) is 12.1 Å². The van der Waals surface area contributed by atoms with Crippen LogP contribution in [0.3, 0.4) is 0 Å². The Kier molecular flexibility index (Phi) is 4.04. The molecular formula is C10H12F3NS. The van der Waals surface area contributed by atoms with E-state index in [1.54, 1.807) is 18.2 Å². The lowest BCUT2D eigenvalue weighted by atomic mass is 10.2. The van der Waals surface area contributed by atoms with E-state index >= 15 is 0 Å². The molecule has 0 N–H and O–H groups in total. The maximum Gasteiger partial charge on any atom is 0.459 e. The molecule has 0 atom stereocenters. The highest BCUT2D eigenvalue weighted by Crippen LogP contribution is 2.23. The van der Waals surface area contributed by atoms with Gasteiger partial charge in [0.25, 0.3) is 0 Å². The maximum absolute atomic E-state index is 12.2. The van der Waals surface area contributed by atoms with Gasteiger partial charge in [0, 0.05) is 11.4 Å². The molecule has 5 heteroatoms. The molecule has 1 aromatic carbocycles. The van der Waals surface area contributed by atoms with Crippen LogP contribution in [0.1, 0.15) is 5.56 Å². The molecule has 0 amide bonds. The van der Waals surface area contributed by atoms with Crippen LogP contribution >= 0.6 is 11.8 Å². The van der Waals surface area contributed by atoms with Crippen LogP contribution in [0.4, 0.5) is 13.2 Å². The Morgan fingerprint density at radius 1 is 1.33 bits per heavy atom. The molecule has 0 aromatic heterocycles. The molecule has 84 valence electrons. The molecule has 0 fully saturated rings. The second-order valence-corrected chi connectivity index (χ2v) is 4.06. The van der Waals surface area contributed by atoms with E-state index in [0.717, 1.165) is 11.9 Å². The van der Waals surface area contributed by atoms with Gasteiger partial charge < -0.3 is 0 Å². The summed E-state index contributed by atoms with van der Waals surface area (Å²) in [5.41, 5.74) is 0.668. The minimum absolute atomic E-state index is 0.113. The lowest BCUT2D eigenvalue weighted by Crippen LogP contribution is -2.33. The Balaban J connectivity index is 2.72. The SMILES string of the molecule is CSc1cccc(CN(C)C(F)(F)F)c1. The fraction of sp³-hybridized carbons (Fsp3) is 0.400. The molecule has 0 aliphatic rings. The number of hydrogen-bond donors (Lipinski definition) is 0. The van der Waals surface area contributed by atoms with Crippen LogP contribution in [0.25, 0.3) is 0 Å². The van der Waals surface area contributed by atoms with Crippen LogP contribution in [0.15, 0.2) is 29.2 Å². The Morgan fingerprint density at radius 2 is 2.00 bits per heavy atom. The summed E-state index contributed by atoms with van der Waals surface area (Å²) in [4.78, 5) is 1.34. The molecule has 0 spiro atoms. The van der Waals surface area contributed by atoms with E-state index in [4.69, 9.17) is 0 Å². The van der Waals surface area contributed by atoms with Gasteiger partial charge >= 0.3 is 6.30 Å². The van der Waals surface area contributed by atoms with Gasteiger partial charge in [0.2, 0.25) is 0 Å². The zero-order valence-electron chi connectivity index (χ0n) is 8.51. The average Bonchev–Trinajstić information content (AvgIpc) is 2.16. The molecule has 0 heterocycles. The van der Waals surface area contributed by atoms with Crippen LogP contribution in [0.5, 0.6) is 0 Å². The summed E-state index contributed by atoms with van der Waals surface area (Å²) >= 11 is 1.52. The van der Waals surface area contributed by atoms with Crippen LogP contribution in [0.2, 0.25) is 0 Å². The Bertz CT molecular complexity index is 325. The summed E-state index contributed by atoms with van der Waals surface area (Å²) < 4.78 is 36.7. The zero-order chi connectivity index (χ0) is 11.5. The smallest absolute Gasteiger partial charge is 0.213 e. The first-order valence-electron chi connectivity index (χ1n) is 4.34. The molecular weight excluding hydrogens is 223 g/mol. The van der Waals surface area contributed by atoms with E-state index in [-0.39, 0.29) is 6.54 Å². The van der Waals surface area contributed by atoms with Crippen molar-refractivity contribution in [2.24, 2.45) is 0 Å². The fourth-order valence-corrected chi connectivity index (χ4v) is 1.62. The lowest BCUT2D eigenvalue weighted by molar-refractivity contribution is -0.240. The van der Waals surface area contributed by atoms with Crippen LogP contribution in [-0.4, -0.2) is 24.5 Å². The predicted octanol–water partition coefficient (Wildman–Crippen LogP) is 3.36. The molecule has 0 bridgehead atoms. The largest absolute Gasteiger partial charge is 0.459 e. The highest BCUT2D eigenvalue weighted by Gasteiger charge is 2.33. The topological polar surface area (TPSA) is 3.24 Å². The summed E-state index contributed by atoms with van der Waals surface area (Å²) in [6.45, 7) is -0.113. The number of benzene rings is 1. The summed E-state index contributed by atoms with van der Waals surface area (Å²) in [5, 5.41) is 0. The second-order valence-electron chi connectivity index (χ2n) is 3.18. The van der Waals surface area contributed by atoms with E-state index in [2.05, 4.69) is 0 Å². The van der Waals surface area contributed by atoms with Crippen LogP contribution in [-0.2, 0) is 6.54 Å². The van der Waals surface area contributed by atoms with Crippen molar-refractivity contribution in [1.29, 1.82) is 0 Å². The number of rotatable bonds is 3. The highest BCUT2D eigenvalue weighted by atomic mass is 32.2. The Morgan fingerprint density at radius 3 is 2.53 bits per heavy atom. The molecule has 0 aliphatic carbocycles. The van der Waals surface area contributed by atoms with Crippen molar-refractivity contribution in [2.75, 3.05) is 13.3 Å². The molecule has 1 rings (SSSR count). The van der Waals surface area contributed by atoms with Crippen molar-refractivity contribution in [2.45, 2.75) is 17.7 Å². The van der Waals surface area contributed by atoms with E-state index in [1.807, 2.05) is 12.3 Å². The Labute approximate surface area is 91.3 Å². The first-order valence-corrected chi connectivity index (χ1v) is 5.57. The van der Waals surface area contributed by atoms with Crippen molar-refractivity contribution in [3.8, 4) is 0 Å². The van der Waals surface area contributed by atoms with Gasteiger partial charge in [0.1, 0.15) is 0 Å². The van der Waals surface area contributed by atoms with Crippen molar-refractivity contribution in [3.05, 3.63) is 29.8 Å². The lowest BCUT2D eigenvalue weighted by Gasteiger charge is -2.19. The van der Waals surface area contributed by atoms with Gasteiger partial charge in [-0.05, 0) is 31.0 Å². The van der Waals surface area contributed by atoms with Gasteiger partial charge in [-0.25, -0.2) is 4.90 Å². The highest BCUT2D eigenvalue weighted by molar-refractivity contribution is 7.98. The molecule has 0 saturated heterocycles. The molecule has 0 unspecified atom stereocenters. The first kappa shape index (κ1) is 12.4. The minimum atomic E-state index is -4.27. The maximum atomic E-state index is 12.2. The van der Waals surface area contributed by atoms with Crippen molar-refractivity contribution < 1.29 is 13.2 Å². The monoisotopic (exact) mass is 235 g/mol. The molecule has 0 saturated carbocycles. The van der Waals surface area contributed by atoms with Gasteiger partial charge in [-0.3, -0.25) is 0 Å². The molecule has 15 heavy (non-hydrogen) atoms. The summed E-state index contributed by atoms with van der Waals surface area (Å²) in [5.74, 6) is 0. The fourth-order valence-electron chi connectivity index (χ4n) is 1.13. The van der Waals surface area contributed by atoms with E-state index in [0.29, 0.717) is 10.5 Å². The van der Waals surface area contributed by atoms with E-state index in [1.165, 1.54) is 11.8 Å².